The Morgan fingerprint density at radius 1 is 0.974 bits per heavy atom. The number of benzene rings is 1. The van der Waals surface area contributed by atoms with E-state index in [-0.39, 0.29) is 0 Å². The highest BCUT2D eigenvalue weighted by atomic mass is 15.1. The number of rotatable bonds is 6. The lowest BCUT2D eigenvalue weighted by Crippen LogP contribution is -2.14. The molecule has 0 atom stereocenters. The summed E-state index contributed by atoms with van der Waals surface area (Å²) in [7, 11) is 0. The third-order valence-corrected chi connectivity index (χ3v) is 7.78. The molecule has 1 aliphatic carbocycles. The zero-order chi connectivity index (χ0) is 26.3. The van der Waals surface area contributed by atoms with Crippen molar-refractivity contribution in [2.24, 2.45) is 5.92 Å². The minimum atomic E-state index is 0.539. The number of aromatic amines is 2. The summed E-state index contributed by atoms with van der Waals surface area (Å²) in [5, 5.41) is 13.5. The molecule has 0 spiro atoms. The van der Waals surface area contributed by atoms with Crippen molar-refractivity contribution in [1.82, 2.24) is 34.7 Å². The van der Waals surface area contributed by atoms with Gasteiger partial charge in [0.15, 0.2) is 0 Å². The second-order valence-corrected chi connectivity index (χ2v) is 10.5. The van der Waals surface area contributed by atoms with Crippen molar-refractivity contribution in [2.45, 2.75) is 39.0 Å². The Hall–Kier alpha value is -4.72. The normalized spacial score (nSPS) is 14.3. The number of fused-ring (bicyclic) bond motifs is 2. The number of allylic oxidation sites excluding steroid dienone is 1. The molecule has 0 radical (unpaired) electrons. The number of anilines is 1. The Kier molecular flexibility index (Phi) is 5.73. The number of nitrogens with zero attached hydrogens (tertiary/aromatic N) is 5. The van der Waals surface area contributed by atoms with E-state index < -0.39 is 0 Å². The predicted molar refractivity (Wildman–Crippen MR) is 156 cm³/mol. The molecular formula is C31H30N8. The van der Waals surface area contributed by atoms with E-state index in [1.807, 2.05) is 42.3 Å². The van der Waals surface area contributed by atoms with Gasteiger partial charge in [-0.3, -0.25) is 14.6 Å². The van der Waals surface area contributed by atoms with Crippen LogP contribution in [-0.4, -0.2) is 34.7 Å². The van der Waals surface area contributed by atoms with Gasteiger partial charge in [-0.05, 0) is 61.6 Å². The van der Waals surface area contributed by atoms with Crippen LogP contribution in [-0.2, 0) is 0 Å². The van der Waals surface area contributed by atoms with Crippen LogP contribution in [0.15, 0.2) is 79.8 Å². The van der Waals surface area contributed by atoms with Gasteiger partial charge in [-0.15, -0.1) is 0 Å². The molecule has 1 aliphatic rings. The first kappa shape index (κ1) is 23.4. The molecule has 0 unspecified atom stereocenters. The smallest absolute Gasteiger partial charge is 0.147 e. The highest BCUT2D eigenvalue weighted by Crippen LogP contribution is 2.34. The molecule has 0 bridgehead atoms. The molecule has 8 heteroatoms. The fraction of sp³-hybridized carbons (Fsp3) is 0.226. The van der Waals surface area contributed by atoms with Gasteiger partial charge in [-0.1, -0.05) is 31.9 Å². The molecule has 0 amide bonds. The van der Waals surface area contributed by atoms with Gasteiger partial charge in [0.05, 0.1) is 34.3 Å². The molecule has 6 aromatic rings. The van der Waals surface area contributed by atoms with Crippen LogP contribution < -0.4 is 5.32 Å². The monoisotopic (exact) mass is 514 g/mol. The van der Waals surface area contributed by atoms with Crippen LogP contribution >= 0.6 is 0 Å². The minimum absolute atomic E-state index is 0.539. The maximum absolute atomic E-state index is 4.68. The molecule has 5 heterocycles. The van der Waals surface area contributed by atoms with E-state index >= 15 is 0 Å². The number of aryl methyl sites for hydroxylation is 1. The van der Waals surface area contributed by atoms with Crippen LogP contribution in [0, 0.1) is 12.8 Å². The quantitative estimate of drug-likeness (QED) is 0.219. The van der Waals surface area contributed by atoms with Crippen LogP contribution in [0.4, 0.5) is 5.69 Å². The lowest BCUT2D eigenvalue weighted by Gasteiger charge is -2.24. The number of hydrogen-bond acceptors (Lipinski definition) is 5. The molecular weight excluding hydrogens is 484 g/mol. The highest BCUT2D eigenvalue weighted by molar-refractivity contribution is 5.99. The number of nitrogens with one attached hydrogen (secondary N) is 3. The van der Waals surface area contributed by atoms with Crippen LogP contribution in [0.25, 0.3) is 50.1 Å². The summed E-state index contributed by atoms with van der Waals surface area (Å²) in [6.07, 6.45) is 15.7. The zero-order valence-corrected chi connectivity index (χ0v) is 21.9. The van der Waals surface area contributed by atoms with Crippen LogP contribution in [0.5, 0.6) is 0 Å². The van der Waals surface area contributed by atoms with Gasteiger partial charge in [0.2, 0.25) is 0 Å². The maximum Gasteiger partial charge on any atom is 0.147 e. The first-order valence-electron chi connectivity index (χ1n) is 13.5. The lowest BCUT2D eigenvalue weighted by molar-refractivity contribution is 0.405. The largest absolute Gasteiger partial charge is 0.358 e. The second kappa shape index (κ2) is 9.54. The molecule has 5 aromatic heterocycles. The van der Waals surface area contributed by atoms with Gasteiger partial charge in [-0.2, -0.15) is 5.10 Å². The molecule has 1 fully saturated rings. The Balaban J connectivity index is 1.22. The van der Waals surface area contributed by atoms with Gasteiger partial charge >= 0.3 is 0 Å². The highest BCUT2D eigenvalue weighted by Gasteiger charge is 2.18. The first-order valence-corrected chi connectivity index (χ1v) is 13.5. The fourth-order valence-electron chi connectivity index (χ4n) is 5.71. The average Bonchev–Trinajstić information content (AvgIpc) is 3.71. The van der Waals surface area contributed by atoms with Gasteiger partial charge < -0.3 is 10.3 Å². The van der Waals surface area contributed by atoms with Crippen molar-refractivity contribution in [1.29, 1.82) is 0 Å². The van der Waals surface area contributed by atoms with Crippen LogP contribution in [0.1, 0.15) is 37.8 Å². The van der Waals surface area contributed by atoms with Gasteiger partial charge in [-0.25, -0.2) is 9.97 Å². The second-order valence-electron chi connectivity index (χ2n) is 10.5. The number of pyridine rings is 2. The van der Waals surface area contributed by atoms with Crippen molar-refractivity contribution in [2.75, 3.05) is 5.32 Å². The molecule has 39 heavy (non-hydrogen) atoms. The lowest BCUT2D eigenvalue weighted by atomic mass is 9.87. The van der Waals surface area contributed by atoms with Crippen molar-refractivity contribution < 1.29 is 0 Å². The summed E-state index contributed by atoms with van der Waals surface area (Å²) < 4.78 is 1.95. The standard InChI is InChI=1S/C31H30N8/c1-19-17-39(18-34-19)31-26-14-29(36-27(26)10-11-33-31)30-25-13-22(8-9-28(25)37-38-30)23-12-24(16-32-15-23)35-20(2)21-6-4-3-5-7-21/h8-18,21,35-36H,2-7H2,1H3,(H,37,38). The third kappa shape index (κ3) is 4.37. The van der Waals surface area contributed by atoms with E-state index in [9.17, 15) is 0 Å². The van der Waals surface area contributed by atoms with Gasteiger partial charge in [0.1, 0.15) is 17.8 Å². The topological polar surface area (TPSA) is 100 Å². The van der Waals surface area contributed by atoms with E-state index in [1.165, 1.54) is 32.1 Å². The van der Waals surface area contributed by atoms with Crippen molar-refractivity contribution in [3.05, 3.63) is 85.5 Å². The predicted octanol–water partition coefficient (Wildman–Crippen LogP) is 7.17. The van der Waals surface area contributed by atoms with E-state index in [0.29, 0.717) is 5.92 Å². The summed E-state index contributed by atoms with van der Waals surface area (Å²) in [5.74, 6) is 1.37. The molecule has 8 nitrogen and oxygen atoms in total. The summed E-state index contributed by atoms with van der Waals surface area (Å²) in [6.45, 7) is 6.31. The van der Waals surface area contributed by atoms with E-state index in [0.717, 1.165) is 67.2 Å². The number of H-pyrrole nitrogens is 2. The van der Waals surface area contributed by atoms with E-state index in [4.69, 9.17) is 0 Å². The van der Waals surface area contributed by atoms with E-state index in [1.54, 1.807) is 6.33 Å². The SMILES string of the molecule is C=C(Nc1cncc(-c2ccc3[nH]nc(-c4cc5c(-n6cnc(C)c6)nccc5[nH]4)c3c2)c1)C1CCCCC1. The van der Waals surface area contributed by atoms with Crippen molar-refractivity contribution in [3.8, 4) is 28.3 Å². The Bertz CT molecular complexity index is 1820. The molecule has 194 valence electrons. The minimum Gasteiger partial charge on any atom is -0.358 e. The van der Waals surface area contributed by atoms with Gasteiger partial charge in [0.25, 0.3) is 0 Å². The Morgan fingerprint density at radius 2 is 1.87 bits per heavy atom. The Labute approximate surface area is 226 Å². The van der Waals surface area contributed by atoms with Crippen molar-refractivity contribution in [3.63, 3.8) is 0 Å². The van der Waals surface area contributed by atoms with Crippen LogP contribution in [0.3, 0.4) is 0 Å². The maximum atomic E-state index is 4.68. The third-order valence-electron chi connectivity index (χ3n) is 7.78. The van der Waals surface area contributed by atoms with Crippen LogP contribution in [0.2, 0.25) is 0 Å². The van der Waals surface area contributed by atoms with Crippen molar-refractivity contribution >= 4 is 27.5 Å². The molecule has 3 N–H and O–H groups in total. The molecule has 1 saturated carbocycles. The van der Waals surface area contributed by atoms with Gasteiger partial charge in [0, 0.05) is 40.6 Å². The summed E-state index contributed by atoms with van der Waals surface area (Å²) in [5.41, 5.74) is 8.91. The number of hydrogen-bond donors (Lipinski definition) is 3. The summed E-state index contributed by atoms with van der Waals surface area (Å²) in [4.78, 5) is 17.0. The molecule has 7 rings (SSSR count). The average molecular weight is 515 g/mol. The number of imidazole rings is 1. The summed E-state index contributed by atoms with van der Waals surface area (Å²) in [6, 6.07) is 12.6. The zero-order valence-electron chi connectivity index (χ0n) is 21.9. The molecule has 1 aromatic carbocycles. The Morgan fingerprint density at radius 3 is 2.72 bits per heavy atom. The fourth-order valence-corrected chi connectivity index (χ4v) is 5.71. The molecule has 0 saturated heterocycles. The van der Waals surface area contributed by atoms with E-state index in [2.05, 4.69) is 72.4 Å². The summed E-state index contributed by atoms with van der Waals surface area (Å²) >= 11 is 0. The molecule has 0 aliphatic heterocycles. The first-order chi connectivity index (χ1) is 19.1. The number of aromatic nitrogens is 7.